The molecule has 1 nitrogen and oxygen atoms in total. The smallest absolute Gasteiger partial charge is 0.0114 e. The van der Waals surface area contributed by atoms with Gasteiger partial charge in [-0.3, -0.25) is 0 Å². The maximum absolute atomic E-state index is 6.30. The number of hydrogen-bond donors (Lipinski definition) is 1. The lowest BCUT2D eigenvalue weighted by Crippen LogP contribution is -2.41. The molecule has 0 aromatic heterocycles. The molecule has 3 rings (SSSR count). The van der Waals surface area contributed by atoms with Gasteiger partial charge in [0.15, 0.2) is 0 Å². The molecule has 0 saturated heterocycles. The van der Waals surface area contributed by atoms with Gasteiger partial charge >= 0.3 is 0 Å². The minimum absolute atomic E-state index is 0. The van der Waals surface area contributed by atoms with Crippen molar-refractivity contribution in [2.45, 2.75) is 44.1 Å². The molecule has 2 N–H and O–H groups in total. The first-order valence-electron chi connectivity index (χ1n) is 6.19. The van der Waals surface area contributed by atoms with Crippen LogP contribution in [0.2, 0.25) is 0 Å². The minimum atomic E-state index is 0. The van der Waals surface area contributed by atoms with Gasteiger partial charge in [0, 0.05) is 6.04 Å². The number of benzene rings is 1. The topological polar surface area (TPSA) is 26.0 Å². The van der Waals surface area contributed by atoms with Crippen molar-refractivity contribution >= 4 is 12.4 Å². The van der Waals surface area contributed by atoms with Gasteiger partial charge in [0.25, 0.3) is 0 Å². The maximum atomic E-state index is 6.30. The Kier molecular flexibility index (Phi) is 3.56. The second-order valence-electron chi connectivity index (χ2n) is 5.12. The van der Waals surface area contributed by atoms with Crippen LogP contribution in [0.25, 0.3) is 0 Å². The van der Waals surface area contributed by atoms with Crippen LogP contribution in [0.5, 0.6) is 0 Å². The summed E-state index contributed by atoms with van der Waals surface area (Å²) >= 11 is 0. The molecular weight excluding hydrogens is 218 g/mol. The van der Waals surface area contributed by atoms with E-state index in [-0.39, 0.29) is 12.4 Å². The summed E-state index contributed by atoms with van der Waals surface area (Å²) in [5, 5.41) is 0. The van der Waals surface area contributed by atoms with E-state index < -0.39 is 0 Å². The standard InChI is InChI=1S/C14H19N.ClH/c15-14-9-10-5-1-2-6-11(10)12-7-3-4-8-13(12)14;/h1-2,5-6,12-14H,3-4,7-9,15H2;1H/t12-,13+,14-;/m1./s1. The molecule has 2 aliphatic carbocycles. The van der Waals surface area contributed by atoms with Gasteiger partial charge in [-0.2, -0.15) is 0 Å². The van der Waals surface area contributed by atoms with E-state index in [1.54, 1.807) is 5.56 Å². The summed E-state index contributed by atoms with van der Waals surface area (Å²) < 4.78 is 0. The Morgan fingerprint density at radius 1 is 1.06 bits per heavy atom. The van der Waals surface area contributed by atoms with E-state index in [1.807, 2.05) is 0 Å². The van der Waals surface area contributed by atoms with Gasteiger partial charge in [-0.1, -0.05) is 37.1 Å². The minimum Gasteiger partial charge on any atom is -0.327 e. The second kappa shape index (κ2) is 4.77. The molecule has 0 radical (unpaired) electrons. The Morgan fingerprint density at radius 2 is 1.81 bits per heavy atom. The summed E-state index contributed by atoms with van der Waals surface area (Å²) in [6, 6.07) is 9.32. The molecule has 0 bridgehead atoms. The highest BCUT2D eigenvalue weighted by Crippen LogP contribution is 2.44. The van der Waals surface area contributed by atoms with Gasteiger partial charge in [0.05, 0.1) is 0 Å². The molecule has 1 saturated carbocycles. The highest BCUT2D eigenvalue weighted by Gasteiger charge is 2.35. The number of rotatable bonds is 0. The summed E-state index contributed by atoms with van der Waals surface area (Å²) in [4.78, 5) is 0. The fraction of sp³-hybridized carbons (Fsp3) is 0.571. The van der Waals surface area contributed by atoms with E-state index in [0.29, 0.717) is 6.04 Å². The van der Waals surface area contributed by atoms with E-state index >= 15 is 0 Å². The van der Waals surface area contributed by atoms with Gasteiger partial charge in [-0.05, 0) is 42.2 Å². The molecule has 0 spiro atoms. The van der Waals surface area contributed by atoms with Crippen molar-refractivity contribution in [3.63, 3.8) is 0 Å². The summed E-state index contributed by atoms with van der Waals surface area (Å²) in [6.45, 7) is 0. The van der Waals surface area contributed by atoms with E-state index in [2.05, 4.69) is 24.3 Å². The Bertz CT molecular complexity index is 364. The average Bonchev–Trinajstić information content (AvgIpc) is 2.30. The van der Waals surface area contributed by atoms with Crippen molar-refractivity contribution in [1.29, 1.82) is 0 Å². The van der Waals surface area contributed by atoms with Crippen molar-refractivity contribution in [2.24, 2.45) is 11.7 Å². The van der Waals surface area contributed by atoms with Crippen molar-refractivity contribution in [3.8, 4) is 0 Å². The molecule has 0 amide bonds. The number of hydrogen-bond acceptors (Lipinski definition) is 1. The lowest BCUT2D eigenvalue weighted by molar-refractivity contribution is 0.245. The van der Waals surface area contributed by atoms with Gasteiger partial charge in [0.2, 0.25) is 0 Å². The van der Waals surface area contributed by atoms with E-state index in [9.17, 15) is 0 Å². The van der Waals surface area contributed by atoms with Gasteiger partial charge in [0.1, 0.15) is 0 Å². The summed E-state index contributed by atoms with van der Waals surface area (Å²) in [7, 11) is 0. The molecule has 0 aliphatic heterocycles. The predicted molar refractivity (Wildman–Crippen MR) is 70.1 cm³/mol. The molecule has 88 valence electrons. The van der Waals surface area contributed by atoms with Crippen LogP contribution in [0.4, 0.5) is 0 Å². The molecule has 1 aromatic carbocycles. The van der Waals surface area contributed by atoms with Crippen LogP contribution in [-0.2, 0) is 6.42 Å². The second-order valence-corrected chi connectivity index (χ2v) is 5.12. The fourth-order valence-electron chi connectivity index (χ4n) is 3.55. The maximum Gasteiger partial charge on any atom is 0.0114 e. The van der Waals surface area contributed by atoms with Gasteiger partial charge in [-0.15, -0.1) is 12.4 Å². The SMILES string of the molecule is Cl.N[C@@H]1Cc2ccccc2[C@H]2CCCC[C@H]12. The van der Waals surface area contributed by atoms with Gasteiger partial charge < -0.3 is 5.73 Å². The fourth-order valence-corrected chi connectivity index (χ4v) is 3.55. The number of nitrogens with two attached hydrogens (primary N) is 1. The van der Waals surface area contributed by atoms with Crippen molar-refractivity contribution in [2.75, 3.05) is 0 Å². The first-order chi connectivity index (χ1) is 7.36. The third-order valence-electron chi connectivity index (χ3n) is 4.28. The first kappa shape index (κ1) is 11.9. The number of fused-ring (bicyclic) bond motifs is 3. The highest BCUT2D eigenvalue weighted by atomic mass is 35.5. The summed E-state index contributed by atoms with van der Waals surface area (Å²) in [5.74, 6) is 1.52. The molecule has 2 aliphatic rings. The van der Waals surface area contributed by atoms with Crippen LogP contribution in [0, 0.1) is 5.92 Å². The zero-order valence-electron chi connectivity index (χ0n) is 9.56. The molecule has 2 heteroatoms. The first-order valence-corrected chi connectivity index (χ1v) is 6.19. The van der Waals surface area contributed by atoms with Crippen LogP contribution in [0.3, 0.4) is 0 Å². The molecule has 0 unspecified atom stereocenters. The lowest BCUT2D eigenvalue weighted by atomic mass is 9.66. The third kappa shape index (κ3) is 1.87. The molecule has 16 heavy (non-hydrogen) atoms. The average molecular weight is 238 g/mol. The largest absolute Gasteiger partial charge is 0.327 e. The Balaban J connectivity index is 0.000000963. The lowest BCUT2D eigenvalue weighted by Gasteiger charge is -2.41. The Morgan fingerprint density at radius 3 is 2.69 bits per heavy atom. The summed E-state index contributed by atoms with van der Waals surface area (Å²) in [5.41, 5.74) is 9.41. The van der Waals surface area contributed by atoms with Crippen molar-refractivity contribution < 1.29 is 0 Å². The van der Waals surface area contributed by atoms with Crippen LogP contribution in [0.1, 0.15) is 42.7 Å². The van der Waals surface area contributed by atoms with Crippen molar-refractivity contribution in [1.82, 2.24) is 0 Å². The van der Waals surface area contributed by atoms with Crippen LogP contribution in [-0.4, -0.2) is 6.04 Å². The van der Waals surface area contributed by atoms with Crippen molar-refractivity contribution in [3.05, 3.63) is 35.4 Å². The van der Waals surface area contributed by atoms with Crippen LogP contribution >= 0.6 is 12.4 Å². The molecular formula is C14H20ClN. The molecule has 1 fully saturated rings. The predicted octanol–water partition coefficient (Wildman–Crippen LogP) is 3.27. The Labute approximate surface area is 104 Å². The van der Waals surface area contributed by atoms with E-state index in [0.717, 1.165) is 18.3 Å². The van der Waals surface area contributed by atoms with Crippen LogP contribution < -0.4 is 5.73 Å². The van der Waals surface area contributed by atoms with Gasteiger partial charge in [-0.25, -0.2) is 0 Å². The van der Waals surface area contributed by atoms with E-state index in [1.165, 1.54) is 31.2 Å². The highest BCUT2D eigenvalue weighted by molar-refractivity contribution is 5.85. The molecule has 3 atom stereocenters. The third-order valence-corrected chi connectivity index (χ3v) is 4.28. The summed E-state index contributed by atoms with van der Waals surface area (Å²) in [6.07, 6.45) is 6.58. The Hall–Kier alpha value is -0.530. The zero-order valence-corrected chi connectivity index (χ0v) is 10.4. The quantitative estimate of drug-likeness (QED) is 0.737. The molecule has 0 heterocycles. The van der Waals surface area contributed by atoms with E-state index in [4.69, 9.17) is 5.73 Å². The number of halogens is 1. The zero-order chi connectivity index (χ0) is 10.3. The van der Waals surface area contributed by atoms with Crippen LogP contribution in [0.15, 0.2) is 24.3 Å². The monoisotopic (exact) mass is 237 g/mol. The normalized spacial score (nSPS) is 32.2. The molecule has 1 aromatic rings.